The molecule has 0 bridgehead atoms. The minimum atomic E-state index is -0.837. The molecule has 0 saturated carbocycles. The van der Waals surface area contributed by atoms with Gasteiger partial charge in [0.25, 0.3) is 0 Å². The Bertz CT molecular complexity index is 1170. The summed E-state index contributed by atoms with van der Waals surface area (Å²) in [6.45, 7) is 5.54. The highest BCUT2D eigenvalue weighted by atomic mass is 16.5. The number of hydrogen-bond acceptors (Lipinski definition) is 2. The second-order valence-corrected chi connectivity index (χ2v) is 8.20. The van der Waals surface area contributed by atoms with Gasteiger partial charge in [-0.15, -0.1) is 0 Å². The van der Waals surface area contributed by atoms with E-state index in [1.165, 1.54) is 11.1 Å². The number of hydrogen-bond donors (Lipinski definition) is 1. The first-order valence-corrected chi connectivity index (χ1v) is 10.6. The molecule has 4 nitrogen and oxygen atoms in total. The van der Waals surface area contributed by atoms with E-state index in [1.807, 2.05) is 54.7 Å². The predicted molar refractivity (Wildman–Crippen MR) is 124 cm³/mol. The van der Waals surface area contributed by atoms with Gasteiger partial charge in [-0.2, -0.15) is 0 Å². The standard InChI is InChI=1S/C27H27NO3/c1-19(2)22-10-8-20(9-11-22)16-28-17-23(14-27(29)30)25-15-24(12-13-26(25)28)31-18-21-6-4-3-5-7-21/h3-13,15,17,19H,14,16,18H2,1-2H3,(H,29,30). The fourth-order valence-corrected chi connectivity index (χ4v) is 3.82. The Morgan fingerprint density at radius 2 is 1.71 bits per heavy atom. The quantitative estimate of drug-likeness (QED) is 0.384. The first kappa shape index (κ1) is 20.7. The summed E-state index contributed by atoms with van der Waals surface area (Å²) in [7, 11) is 0. The first-order valence-electron chi connectivity index (χ1n) is 10.6. The fourth-order valence-electron chi connectivity index (χ4n) is 3.82. The molecule has 1 N–H and O–H groups in total. The van der Waals surface area contributed by atoms with Crippen molar-refractivity contribution in [3.05, 3.63) is 101 Å². The van der Waals surface area contributed by atoms with E-state index in [2.05, 4.69) is 42.7 Å². The zero-order chi connectivity index (χ0) is 21.8. The third-order valence-electron chi connectivity index (χ3n) is 5.52. The Kier molecular flexibility index (Phi) is 6.08. The van der Waals surface area contributed by atoms with Crippen molar-refractivity contribution >= 4 is 16.9 Å². The average molecular weight is 414 g/mol. The number of aromatic nitrogens is 1. The Morgan fingerprint density at radius 3 is 2.39 bits per heavy atom. The van der Waals surface area contributed by atoms with Crippen LogP contribution in [-0.2, 0) is 24.4 Å². The second kappa shape index (κ2) is 9.09. The molecule has 0 unspecified atom stereocenters. The van der Waals surface area contributed by atoms with Crippen LogP contribution in [0.5, 0.6) is 5.75 Å². The molecule has 0 saturated heterocycles. The maximum Gasteiger partial charge on any atom is 0.307 e. The van der Waals surface area contributed by atoms with E-state index >= 15 is 0 Å². The molecule has 4 aromatic rings. The van der Waals surface area contributed by atoms with Crippen LogP contribution < -0.4 is 4.74 Å². The zero-order valence-electron chi connectivity index (χ0n) is 17.9. The van der Waals surface area contributed by atoms with Crippen LogP contribution in [0.1, 0.15) is 42.0 Å². The Labute approximate surface area is 182 Å². The van der Waals surface area contributed by atoms with Crippen LogP contribution in [0.25, 0.3) is 10.9 Å². The Balaban J connectivity index is 1.62. The van der Waals surface area contributed by atoms with Crippen molar-refractivity contribution in [1.29, 1.82) is 0 Å². The highest BCUT2D eigenvalue weighted by Gasteiger charge is 2.13. The lowest BCUT2D eigenvalue weighted by Crippen LogP contribution is -2.00. The number of ether oxygens (including phenoxy) is 1. The van der Waals surface area contributed by atoms with E-state index < -0.39 is 5.97 Å². The van der Waals surface area contributed by atoms with E-state index in [1.54, 1.807) is 0 Å². The number of carboxylic acid groups (broad SMARTS) is 1. The largest absolute Gasteiger partial charge is 0.489 e. The molecule has 158 valence electrons. The molecule has 31 heavy (non-hydrogen) atoms. The van der Waals surface area contributed by atoms with Gasteiger partial charge in [-0.25, -0.2) is 0 Å². The van der Waals surface area contributed by atoms with E-state index in [0.717, 1.165) is 27.8 Å². The summed E-state index contributed by atoms with van der Waals surface area (Å²) in [5.74, 6) is 0.399. The molecule has 3 aromatic carbocycles. The van der Waals surface area contributed by atoms with Crippen LogP contribution in [0.3, 0.4) is 0 Å². The van der Waals surface area contributed by atoms with Crippen LogP contribution >= 0.6 is 0 Å². The fraction of sp³-hybridized carbons (Fsp3) is 0.222. The Hall–Kier alpha value is -3.53. The number of rotatable bonds is 8. The third kappa shape index (κ3) is 4.97. The monoisotopic (exact) mass is 413 g/mol. The highest BCUT2D eigenvalue weighted by Crippen LogP contribution is 2.28. The predicted octanol–water partition coefficient (Wildman–Crippen LogP) is 6.02. The highest BCUT2D eigenvalue weighted by molar-refractivity contribution is 5.88. The van der Waals surface area contributed by atoms with Crippen molar-refractivity contribution in [3.63, 3.8) is 0 Å². The number of benzene rings is 3. The number of aliphatic carboxylic acids is 1. The molecular weight excluding hydrogens is 386 g/mol. The summed E-state index contributed by atoms with van der Waals surface area (Å²) in [4.78, 5) is 11.4. The van der Waals surface area contributed by atoms with Crippen molar-refractivity contribution in [2.24, 2.45) is 0 Å². The van der Waals surface area contributed by atoms with Gasteiger partial charge in [0.1, 0.15) is 12.4 Å². The maximum atomic E-state index is 11.4. The number of nitrogens with zero attached hydrogens (tertiary/aromatic N) is 1. The Morgan fingerprint density at radius 1 is 0.968 bits per heavy atom. The van der Waals surface area contributed by atoms with Gasteiger partial charge in [0.2, 0.25) is 0 Å². The molecule has 4 heteroatoms. The van der Waals surface area contributed by atoms with Crippen molar-refractivity contribution in [2.75, 3.05) is 0 Å². The van der Waals surface area contributed by atoms with Gasteiger partial charge >= 0.3 is 5.97 Å². The minimum Gasteiger partial charge on any atom is -0.489 e. The lowest BCUT2D eigenvalue weighted by Gasteiger charge is -2.10. The smallest absolute Gasteiger partial charge is 0.307 e. The average Bonchev–Trinajstić information content (AvgIpc) is 3.09. The molecule has 0 atom stereocenters. The molecule has 1 heterocycles. The number of carboxylic acids is 1. The summed E-state index contributed by atoms with van der Waals surface area (Å²) in [5.41, 5.74) is 5.40. The summed E-state index contributed by atoms with van der Waals surface area (Å²) in [6.07, 6.45) is 1.94. The second-order valence-electron chi connectivity index (χ2n) is 8.20. The third-order valence-corrected chi connectivity index (χ3v) is 5.52. The van der Waals surface area contributed by atoms with Crippen LogP contribution in [0.2, 0.25) is 0 Å². The molecule has 1 aromatic heterocycles. The van der Waals surface area contributed by atoms with Crippen molar-refractivity contribution in [2.45, 2.75) is 39.3 Å². The topological polar surface area (TPSA) is 51.5 Å². The van der Waals surface area contributed by atoms with Crippen LogP contribution in [-0.4, -0.2) is 15.6 Å². The SMILES string of the molecule is CC(C)c1ccc(Cn2cc(CC(=O)O)c3cc(OCc4ccccc4)ccc32)cc1. The van der Waals surface area contributed by atoms with Crippen molar-refractivity contribution in [1.82, 2.24) is 4.57 Å². The van der Waals surface area contributed by atoms with Gasteiger partial charge in [-0.05, 0) is 46.4 Å². The summed E-state index contributed by atoms with van der Waals surface area (Å²) in [6, 6.07) is 24.6. The first-order chi connectivity index (χ1) is 15.0. The van der Waals surface area contributed by atoms with Crippen LogP contribution in [0, 0.1) is 0 Å². The van der Waals surface area contributed by atoms with Gasteiger partial charge in [0.15, 0.2) is 0 Å². The van der Waals surface area contributed by atoms with Crippen molar-refractivity contribution in [3.8, 4) is 5.75 Å². The zero-order valence-corrected chi connectivity index (χ0v) is 17.9. The lowest BCUT2D eigenvalue weighted by atomic mass is 10.0. The van der Waals surface area contributed by atoms with Crippen LogP contribution in [0.4, 0.5) is 0 Å². The van der Waals surface area contributed by atoms with Gasteiger partial charge in [0.05, 0.1) is 6.42 Å². The normalized spacial score (nSPS) is 11.2. The molecule has 4 rings (SSSR count). The summed E-state index contributed by atoms with van der Waals surface area (Å²) >= 11 is 0. The molecule has 0 aliphatic heterocycles. The van der Waals surface area contributed by atoms with Gasteiger partial charge in [-0.3, -0.25) is 4.79 Å². The number of fused-ring (bicyclic) bond motifs is 1. The molecular formula is C27H27NO3. The molecule has 0 aliphatic rings. The van der Waals surface area contributed by atoms with Gasteiger partial charge in [0, 0.05) is 23.6 Å². The van der Waals surface area contributed by atoms with E-state index in [0.29, 0.717) is 19.1 Å². The van der Waals surface area contributed by atoms with Gasteiger partial charge < -0.3 is 14.4 Å². The number of carbonyl (C=O) groups is 1. The molecule has 0 aliphatic carbocycles. The molecule has 0 spiro atoms. The maximum absolute atomic E-state index is 11.4. The minimum absolute atomic E-state index is 0.0159. The summed E-state index contributed by atoms with van der Waals surface area (Å²) < 4.78 is 8.09. The van der Waals surface area contributed by atoms with E-state index in [4.69, 9.17) is 4.74 Å². The molecule has 0 amide bonds. The summed E-state index contributed by atoms with van der Waals surface area (Å²) in [5, 5.41) is 10.3. The van der Waals surface area contributed by atoms with E-state index in [9.17, 15) is 9.90 Å². The molecule has 0 radical (unpaired) electrons. The lowest BCUT2D eigenvalue weighted by molar-refractivity contribution is -0.136. The van der Waals surface area contributed by atoms with Gasteiger partial charge in [-0.1, -0.05) is 68.4 Å². The van der Waals surface area contributed by atoms with Crippen molar-refractivity contribution < 1.29 is 14.6 Å². The molecule has 0 fully saturated rings. The van der Waals surface area contributed by atoms with Crippen LogP contribution in [0.15, 0.2) is 79.0 Å². The van der Waals surface area contributed by atoms with E-state index in [-0.39, 0.29) is 6.42 Å².